The Bertz CT molecular complexity index is 163. The molecule has 2 rings (SSSR count). The number of hydrogen-bond acceptors (Lipinski definition) is 0. The number of allylic oxidation sites excluding steroid dienone is 4. The van der Waals surface area contributed by atoms with Crippen LogP contribution in [0.4, 0.5) is 0 Å². The fourth-order valence-corrected chi connectivity index (χ4v) is 1.83. The van der Waals surface area contributed by atoms with Crippen LogP contribution >= 0.6 is 0 Å². The van der Waals surface area contributed by atoms with Crippen molar-refractivity contribution in [3.05, 3.63) is 24.3 Å². The molecule has 0 saturated carbocycles. The van der Waals surface area contributed by atoms with Crippen molar-refractivity contribution >= 4 is 0 Å². The first-order chi connectivity index (χ1) is 4.38. The molecule has 0 aliphatic heterocycles. The predicted molar refractivity (Wildman–Crippen MR) is 39.0 cm³/mol. The summed E-state index contributed by atoms with van der Waals surface area (Å²) in [6.07, 6.45) is 10.6. The van der Waals surface area contributed by atoms with Crippen molar-refractivity contribution in [1.29, 1.82) is 0 Å². The van der Waals surface area contributed by atoms with Gasteiger partial charge in [0.05, 0.1) is 0 Å². The van der Waals surface area contributed by atoms with Gasteiger partial charge in [0.15, 0.2) is 0 Å². The molecule has 48 valence electrons. The normalized spacial score (nSPS) is 46.1. The standard InChI is InChI=1S/C9H12/c1-7-8-3-2-4-9(7)6-5-8/h2-3,5-9H,4H2,1H3. The molecule has 0 radical (unpaired) electrons. The minimum Gasteiger partial charge on any atom is -0.0873 e. The highest BCUT2D eigenvalue weighted by Gasteiger charge is 2.27. The molecule has 0 heteroatoms. The SMILES string of the molecule is CC1C2C=CCC1C=C2. The summed E-state index contributed by atoms with van der Waals surface area (Å²) >= 11 is 0. The Hall–Kier alpha value is -0.520. The molecule has 2 aliphatic carbocycles. The van der Waals surface area contributed by atoms with Gasteiger partial charge in [0.2, 0.25) is 0 Å². The molecule has 0 amide bonds. The Morgan fingerprint density at radius 1 is 1.22 bits per heavy atom. The fraction of sp³-hybridized carbons (Fsp3) is 0.556. The molecule has 0 aromatic rings. The molecule has 0 saturated heterocycles. The zero-order chi connectivity index (χ0) is 6.27. The first-order valence-corrected chi connectivity index (χ1v) is 3.73. The van der Waals surface area contributed by atoms with Crippen LogP contribution in [0, 0.1) is 17.8 Å². The van der Waals surface area contributed by atoms with E-state index in [1.165, 1.54) is 6.42 Å². The van der Waals surface area contributed by atoms with Gasteiger partial charge in [-0.25, -0.2) is 0 Å². The first-order valence-electron chi connectivity index (χ1n) is 3.73. The maximum Gasteiger partial charge on any atom is -0.00220 e. The van der Waals surface area contributed by atoms with Gasteiger partial charge in [-0.1, -0.05) is 31.2 Å². The summed E-state index contributed by atoms with van der Waals surface area (Å²) in [6.45, 7) is 2.35. The van der Waals surface area contributed by atoms with Crippen LogP contribution in [0.15, 0.2) is 24.3 Å². The highest BCUT2D eigenvalue weighted by Crippen LogP contribution is 2.37. The number of fused-ring (bicyclic) bond motifs is 2. The molecule has 0 aromatic carbocycles. The van der Waals surface area contributed by atoms with Crippen LogP contribution in [-0.4, -0.2) is 0 Å². The van der Waals surface area contributed by atoms with Gasteiger partial charge in [0.1, 0.15) is 0 Å². The van der Waals surface area contributed by atoms with E-state index in [9.17, 15) is 0 Å². The second-order valence-electron chi connectivity index (χ2n) is 3.15. The van der Waals surface area contributed by atoms with Crippen LogP contribution in [0.2, 0.25) is 0 Å². The van der Waals surface area contributed by atoms with Crippen molar-refractivity contribution in [3.8, 4) is 0 Å². The molecule has 3 atom stereocenters. The van der Waals surface area contributed by atoms with Gasteiger partial charge in [0, 0.05) is 0 Å². The highest BCUT2D eigenvalue weighted by molar-refractivity contribution is 5.17. The summed E-state index contributed by atoms with van der Waals surface area (Å²) in [5.41, 5.74) is 0. The van der Waals surface area contributed by atoms with E-state index in [1.807, 2.05) is 0 Å². The van der Waals surface area contributed by atoms with Crippen LogP contribution in [0.1, 0.15) is 13.3 Å². The van der Waals surface area contributed by atoms with Crippen molar-refractivity contribution in [1.82, 2.24) is 0 Å². The summed E-state index contributed by atoms with van der Waals surface area (Å²) in [4.78, 5) is 0. The molecular formula is C9H12. The highest BCUT2D eigenvalue weighted by atomic mass is 14.3. The molecule has 3 unspecified atom stereocenters. The van der Waals surface area contributed by atoms with Crippen molar-refractivity contribution < 1.29 is 0 Å². The predicted octanol–water partition coefficient (Wildman–Crippen LogP) is 2.38. The Morgan fingerprint density at radius 3 is 2.78 bits per heavy atom. The van der Waals surface area contributed by atoms with Crippen molar-refractivity contribution in [2.45, 2.75) is 13.3 Å². The Balaban J connectivity index is 2.30. The zero-order valence-corrected chi connectivity index (χ0v) is 5.75. The lowest BCUT2D eigenvalue weighted by Crippen LogP contribution is -2.13. The lowest BCUT2D eigenvalue weighted by Gasteiger charge is -2.21. The molecule has 9 heavy (non-hydrogen) atoms. The van der Waals surface area contributed by atoms with Gasteiger partial charge in [-0.05, 0) is 24.2 Å². The summed E-state index contributed by atoms with van der Waals surface area (Å²) < 4.78 is 0. The first kappa shape index (κ1) is 5.28. The zero-order valence-electron chi connectivity index (χ0n) is 5.75. The minimum atomic E-state index is 0.767. The maximum atomic E-state index is 2.37. The third-order valence-corrected chi connectivity index (χ3v) is 2.63. The quantitative estimate of drug-likeness (QED) is 0.430. The van der Waals surface area contributed by atoms with Crippen molar-refractivity contribution in [3.63, 3.8) is 0 Å². The second kappa shape index (κ2) is 1.73. The van der Waals surface area contributed by atoms with Gasteiger partial charge < -0.3 is 0 Å². The van der Waals surface area contributed by atoms with E-state index < -0.39 is 0 Å². The summed E-state index contributed by atoms with van der Waals surface area (Å²) in [6, 6.07) is 0. The Kier molecular flexibility index (Phi) is 1.01. The van der Waals surface area contributed by atoms with Crippen molar-refractivity contribution in [2.75, 3.05) is 0 Å². The van der Waals surface area contributed by atoms with E-state index in [1.54, 1.807) is 0 Å². The Morgan fingerprint density at radius 2 is 2.11 bits per heavy atom. The minimum absolute atomic E-state index is 0.767. The van der Waals surface area contributed by atoms with E-state index in [0.29, 0.717) is 0 Å². The van der Waals surface area contributed by atoms with Crippen LogP contribution in [0.25, 0.3) is 0 Å². The smallest absolute Gasteiger partial charge is 0.00220 e. The maximum absolute atomic E-state index is 2.37. The molecule has 0 nitrogen and oxygen atoms in total. The van der Waals surface area contributed by atoms with Crippen LogP contribution < -0.4 is 0 Å². The summed E-state index contributed by atoms with van der Waals surface area (Å²) in [5.74, 6) is 2.51. The van der Waals surface area contributed by atoms with E-state index in [2.05, 4.69) is 31.2 Å². The van der Waals surface area contributed by atoms with E-state index in [4.69, 9.17) is 0 Å². The van der Waals surface area contributed by atoms with E-state index >= 15 is 0 Å². The summed E-state index contributed by atoms with van der Waals surface area (Å²) in [5, 5.41) is 0. The molecular weight excluding hydrogens is 108 g/mol. The van der Waals surface area contributed by atoms with Gasteiger partial charge in [-0.15, -0.1) is 0 Å². The lowest BCUT2D eigenvalue weighted by molar-refractivity contribution is 0.392. The molecule has 0 heterocycles. The van der Waals surface area contributed by atoms with Gasteiger partial charge in [-0.2, -0.15) is 0 Å². The van der Waals surface area contributed by atoms with Crippen molar-refractivity contribution in [2.24, 2.45) is 17.8 Å². The molecule has 0 N–H and O–H groups in total. The average molecular weight is 120 g/mol. The fourth-order valence-electron chi connectivity index (χ4n) is 1.83. The van der Waals surface area contributed by atoms with Gasteiger partial charge >= 0.3 is 0 Å². The molecule has 0 spiro atoms. The van der Waals surface area contributed by atoms with Gasteiger partial charge in [0.25, 0.3) is 0 Å². The number of rotatable bonds is 0. The van der Waals surface area contributed by atoms with Crippen LogP contribution in [-0.2, 0) is 0 Å². The number of hydrogen-bond donors (Lipinski definition) is 0. The molecule has 0 aromatic heterocycles. The average Bonchev–Trinajstić information content (AvgIpc) is 2.19. The molecule has 2 aliphatic rings. The van der Waals surface area contributed by atoms with E-state index in [0.717, 1.165) is 17.8 Å². The Labute approximate surface area is 56.3 Å². The second-order valence-corrected chi connectivity index (χ2v) is 3.15. The van der Waals surface area contributed by atoms with Gasteiger partial charge in [-0.3, -0.25) is 0 Å². The van der Waals surface area contributed by atoms with Crippen LogP contribution in [0.5, 0.6) is 0 Å². The topological polar surface area (TPSA) is 0 Å². The van der Waals surface area contributed by atoms with E-state index in [-0.39, 0.29) is 0 Å². The molecule has 2 bridgehead atoms. The third kappa shape index (κ3) is 0.658. The third-order valence-electron chi connectivity index (χ3n) is 2.63. The lowest BCUT2D eigenvalue weighted by atomic mass is 9.83. The van der Waals surface area contributed by atoms with Crippen LogP contribution in [0.3, 0.4) is 0 Å². The monoisotopic (exact) mass is 120 g/mol. The largest absolute Gasteiger partial charge is 0.0873 e. The summed E-state index contributed by atoms with van der Waals surface area (Å²) in [7, 11) is 0. The molecule has 0 fully saturated rings.